The van der Waals surface area contributed by atoms with E-state index in [0.29, 0.717) is 5.92 Å². The van der Waals surface area contributed by atoms with Gasteiger partial charge in [-0.2, -0.15) is 0 Å². The molecule has 1 atom stereocenters. The van der Waals surface area contributed by atoms with Crippen molar-refractivity contribution in [2.24, 2.45) is 5.92 Å². The van der Waals surface area contributed by atoms with E-state index >= 15 is 0 Å². The highest BCUT2D eigenvalue weighted by Crippen LogP contribution is 2.29. The van der Waals surface area contributed by atoms with Crippen LogP contribution in [0.1, 0.15) is 56.1 Å². The van der Waals surface area contributed by atoms with Crippen molar-refractivity contribution in [1.29, 1.82) is 0 Å². The van der Waals surface area contributed by atoms with Crippen molar-refractivity contribution >= 4 is 11.7 Å². The lowest BCUT2D eigenvalue weighted by Crippen LogP contribution is -2.36. The first kappa shape index (κ1) is 16.9. The van der Waals surface area contributed by atoms with Gasteiger partial charge in [-0.1, -0.05) is 25.0 Å². The van der Waals surface area contributed by atoms with Crippen LogP contribution in [-0.2, 0) is 12.8 Å². The molecule has 25 heavy (non-hydrogen) atoms. The van der Waals surface area contributed by atoms with E-state index in [9.17, 15) is 4.79 Å². The third kappa shape index (κ3) is 4.00. The minimum absolute atomic E-state index is 0.0433. The molecular formula is C21H31N3O. The van der Waals surface area contributed by atoms with E-state index in [1.54, 1.807) is 0 Å². The number of hydrogen-bond acceptors (Lipinski definition) is 2. The van der Waals surface area contributed by atoms with Crippen LogP contribution in [0, 0.1) is 5.92 Å². The van der Waals surface area contributed by atoms with Crippen molar-refractivity contribution in [3.05, 3.63) is 29.3 Å². The molecule has 1 aromatic carbocycles. The maximum atomic E-state index is 12.4. The molecule has 0 aromatic heterocycles. The van der Waals surface area contributed by atoms with Crippen LogP contribution >= 0.6 is 0 Å². The summed E-state index contributed by atoms with van der Waals surface area (Å²) in [5.41, 5.74) is 3.76. The van der Waals surface area contributed by atoms with Crippen molar-refractivity contribution in [2.45, 2.75) is 63.8 Å². The Kier molecular flexibility index (Phi) is 5.25. The summed E-state index contributed by atoms with van der Waals surface area (Å²) >= 11 is 0. The summed E-state index contributed by atoms with van der Waals surface area (Å²) in [5.74, 6) is 0.607. The summed E-state index contributed by atoms with van der Waals surface area (Å²) < 4.78 is 0. The van der Waals surface area contributed by atoms with Crippen LogP contribution in [0.2, 0.25) is 0 Å². The van der Waals surface area contributed by atoms with Crippen molar-refractivity contribution < 1.29 is 4.79 Å². The molecule has 4 heteroatoms. The molecule has 0 spiro atoms. The zero-order valence-corrected chi connectivity index (χ0v) is 15.2. The first-order valence-corrected chi connectivity index (χ1v) is 10.2. The van der Waals surface area contributed by atoms with E-state index in [1.807, 2.05) is 6.07 Å². The quantitative estimate of drug-likeness (QED) is 0.871. The van der Waals surface area contributed by atoms with Crippen LogP contribution in [0.25, 0.3) is 0 Å². The average Bonchev–Trinajstić information content (AvgIpc) is 3.32. The molecule has 4 nitrogen and oxygen atoms in total. The number of hydrogen-bond donors (Lipinski definition) is 2. The van der Waals surface area contributed by atoms with E-state index in [-0.39, 0.29) is 6.03 Å². The molecule has 1 aromatic rings. The number of amides is 2. The van der Waals surface area contributed by atoms with Gasteiger partial charge in [0.15, 0.2) is 0 Å². The van der Waals surface area contributed by atoms with Crippen molar-refractivity contribution in [3.63, 3.8) is 0 Å². The molecule has 136 valence electrons. The second kappa shape index (κ2) is 7.77. The van der Waals surface area contributed by atoms with Gasteiger partial charge >= 0.3 is 6.03 Å². The van der Waals surface area contributed by atoms with Gasteiger partial charge in [-0.05, 0) is 74.6 Å². The molecule has 1 saturated carbocycles. The summed E-state index contributed by atoms with van der Waals surface area (Å²) in [4.78, 5) is 15.0. The lowest BCUT2D eigenvalue weighted by molar-refractivity contribution is 0.234. The molecule has 0 unspecified atom stereocenters. The second-order valence-electron chi connectivity index (χ2n) is 8.07. The number of fused-ring (bicyclic) bond motifs is 1. The zero-order valence-electron chi connectivity index (χ0n) is 15.2. The minimum atomic E-state index is -0.0433. The molecule has 1 aliphatic heterocycles. The normalized spacial score (nSPS) is 24.2. The zero-order chi connectivity index (χ0) is 17.1. The number of nitrogens with zero attached hydrogens (tertiary/aromatic N) is 1. The highest BCUT2D eigenvalue weighted by atomic mass is 16.2. The van der Waals surface area contributed by atoms with Gasteiger partial charge in [-0.3, -0.25) is 0 Å². The van der Waals surface area contributed by atoms with Crippen LogP contribution in [0.5, 0.6) is 0 Å². The summed E-state index contributed by atoms with van der Waals surface area (Å²) in [6, 6.07) is 7.08. The number of anilines is 1. The molecule has 2 amide bonds. The number of benzene rings is 1. The predicted molar refractivity (Wildman–Crippen MR) is 102 cm³/mol. The van der Waals surface area contributed by atoms with E-state index in [2.05, 4.69) is 27.7 Å². The minimum Gasteiger partial charge on any atom is -0.338 e. The molecule has 0 bridgehead atoms. The molecule has 2 aliphatic carbocycles. The predicted octanol–water partition coefficient (Wildman–Crippen LogP) is 3.95. The number of aryl methyl sites for hydroxylation is 1. The standard InChI is InChI=1S/C21H31N3O/c25-21(23-20-11-5-7-17-6-1-4-10-19(17)20)22-14-16-12-13-24(15-16)18-8-2-3-9-18/h5,7,11,16,18H,1-4,6,8-10,12-15H2,(H2,22,23,25)/t16-/m0/s1. The fourth-order valence-electron chi connectivity index (χ4n) is 4.93. The van der Waals surface area contributed by atoms with Gasteiger partial charge in [0.2, 0.25) is 0 Å². The number of likely N-dealkylation sites (tertiary alicyclic amines) is 1. The highest BCUT2D eigenvalue weighted by Gasteiger charge is 2.29. The molecule has 4 rings (SSSR count). The fourth-order valence-corrected chi connectivity index (χ4v) is 4.93. The van der Waals surface area contributed by atoms with Crippen molar-refractivity contribution in [3.8, 4) is 0 Å². The Morgan fingerprint density at radius 2 is 1.92 bits per heavy atom. The Balaban J connectivity index is 1.26. The number of rotatable bonds is 4. The van der Waals surface area contributed by atoms with Crippen LogP contribution < -0.4 is 10.6 Å². The van der Waals surface area contributed by atoms with E-state index in [4.69, 9.17) is 0 Å². The van der Waals surface area contributed by atoms with Gasteiger partial charge in [-0.25, -0.2) is 4.79 Å². The molecule has 0 radical (unpaired) electrons. The monoisotopic (exact) mass is 341 g/mol. The van der Waals surface area contributed by atoms with Gasteiger partial charge in [0.05, 0.1) is 0 Å². The molecule has 2 fully saturated rings. The van der Waals surface area contributed by atoms with Gasteiger partial charge in [0, 0.05) is 24.8 Å². The lowest BCUT2D eigenvalue weighted by atomic mass is 9.90. The van der Waals surface area contributed by atoms with Crippen LogP contribution in [0.15, 0.2) is 18.2 Å². The molecular weight excluding hydrogens is 310 g/mol. The Bertz CT molecular complexity index is 609. The van der Waals surface area contributed by atoms with Gasteiger partial charge in [0.25, 0.3) is 0 Å². The first-order chi connectivity index (χ1) is 12.3. The van der Waals surface area contributed by atoms with Gasteiger partial charge in [-0.15, -0.1) is 0 Å². The Morgan fingerprint density at radius 1 is 1.08 bits per heavy atom. The second-order valence-corrected chi connectivity index (χ2v) is 8.07. The third-order valence-electron chi connectivity index (χ3n) is 6.35. The van der Waals surface area contributed by atoms with Crippen LogP contribution in [0.3, 0.4) is 0 Å². The Morgan fingerprint density at radius 3 is 2.80 bits per heavy atom. The highest BCUT2D eigenvalue weighted by molar-refractivity contribution is 5.90. The molecule has 3 aliphatic rings. The van der Waals surface area contributed by atoms with Gasteiger partial charge in [0.1, 0.15) is 0 Å². The van der Waals surface area contributed by atoms with Gasteiger partial charge < -0.3 is 15.5 Å². The largest absolute Gasteiger partial charge is 0.338 e. The lowest BCUT2D eigenvalue weighted by Gasteiger charge is -2.23. The van der Waals surface area contributed by atoms with E-state index in [0.717, 1.165) is 37.7 Å². The van der Waals surface area contributed by atoms with E-state index in [1.165, 1.54) is 62.6 Å². The summed E-state index contributed by atoms with van der Waals surface area (Å²) in [7, 11) is 0. The summed E-state index contributed by atoms with van der Waals surface area (Å²) in [6.45, 7) is 3.17. The fraction of sp³-hybridized carbons (Fsp3) is 0.667. The van der Waals surface area contributed by atoms with Crippen molar-refractivity contribution in [2.75, 3.05) is 25.0 Å². The Labute approximate surface area is 151 Å². The number of nitrogens with one attached hydrogen (secondary N) is 2. The van der Waals surface area contributed by atoms with Crippen LogP contribution in [-0.4, -0.2) is 36.6 Å². The Hall–Kier alpha value is -1.55. The number of urea groups is 1. The number of carbonyl (C=O) groups is 1. The van der Waals surface area contributed by atoms with Crippen molar-refractivity contribution in [1.82, 2.24) is 10.2 Å². The first-order valence-electron chi connectivity index (χ1n) is 10.2. The van der Waals surface area contributed by atoms with Crippen LogP contribution in [0.4, 0.5) is 10.5 Å². The topological polar surface area (TPSA) is 44.4 Å². The molecule has 1 saturated heterocycles. The third-order valence-corrected chi connectivity index (χ3v) is 6.35. The maximum absolute atomic E-state index is 12.4. The molecule has 1 heterocycles. The smallest absolute Gasteiger partial charge is 0.319 e. The summed E-state index contributed by atoms with van der Waals surface area (Å²) in [5, 5.41) is 6.21. The summed E-state index contributed by atoms with van der Waals surface area (Å²) in [6.07, 6.45) is 11.5. The SMILES string of the molecule is O=C(NC[C@@H]1CCN(C2CCCC2)C1)Nc1cccc2c1CCCC2. The van der Waals surface area contributed by atoms with E-state index < -0.39 is 0 Å². The average molecular weight is 341 g/mol. The maximum Gasteiger partial charge on any atom is 0.319 e. The molecule has 2 N–H and O–H groups in total. The number of carbonyl (C=O) groups excluding carboxylic acids is 1.